The number of aromatic nitrogens is 1. The number of nitrogens with zero attached hydrogens (tertiary/aromatic N) is 2. The molecule has 1 heterocycles. The van der Waals surface area contributed by atoms with Gasteiger partial charge in [0.1, 0.15) is 5.82 Å². The summed E-state index contributed by atoms with van der Waals surface area (Å²) < 4.78 is 0. The minimum atomic E-state index is 0.869. The summed E-state index contributed by atoms with van der Waals surface area (Å²) in [4.78, 5) is 7.11. The molecule has 1 aromatic rings. The molecule has 0 saturated heterocycles. The molecule has 0 aromatic carbocycles. The Morgan fingerprint density at radius 1 is 1.35 bits per heavy atom. The predicted molar refractivity (Wildman–Crippen MR) is 86.2 cm³/mol. The van der Waals surface area contributed by atoms with Gasteiger partial charge in [0.15, 0.2) is 0 Å². The van der Waals surface area contributed by atoms with Gasteiger partial charge in [-0.25, -0.2) is 4.98 Å². The van der Waals surface area contributed by atoms with Crippen molar-refractivity contribution in [2.45, 2.75) is 46.6 Å². The highest BCUT2D eigenvalue weighted by molar-refractivity contribution is 5.42. The number of rotatable bonds is 8. The van der Waals surface area contributed by atoms with E-state index in [2.05, 4.69) is 50.2 Å². The lowest BCUT2D eigenvalue weighted by molar-refractivity contribution is 0.672. The van der Waals surface area contributed by atoms with Crippen molar-refractivity contribution in [3.05, 3.63) is 23.4 Å². The van der Waals surface area contributed by atoms with Crippen molar-refractivity contribution in [3.63, 3.8) is 0 Å². The fourth-order valence-electron chi connectivity index (χ4n) is 2.62. The minimum absolute atomic E-state index is 0.869. The fourth-order valence-corrected chi connectivity index (χ4v) is 2.62. The summed E-state index contributed by atoms with van der Waals surface area (Å²) in [7, 11) is 2.18. The highest BCUT2D eigenvalue weighted by atomic mass is 15.2. The molecule has 1 fully saturated rings. The molecular formula is C17H29N3. The van der Waals surface area contributed by atoms with Crippen molar-refractivity contribution in [2.75, 3.05) is 25.0 Å². The van der Waals surface area contributed by atoms with E-state index in [4.69, 9.17) is 4.98 Å². The SMILES string of the molecule is CCCNCc1cc(CC)nc(N(C)CC2CC2C)c1. The average Bonchev–Trinajstić information content (AvgIpc) is 3.14. The molecule has 20 heavy (non-hydrogen) atoms. The van der Waals surface area contributed by atoms with Gasteiger partial charge in [0.2, 0.25) is 0 Å². The molecule has 2 rings (SSSR count). The molecule has 0 amide bonds. The highest BCUT2D eigenvalue weighted by Crippen LogP contribution is 2.38. The third-order valence-electron chi connectivity index (χ3n) is 4.22. The normalized spacial score (nSPS) is 21.0. The van der Waals surface area contributed by atoms with Crippen LogP contribution < -0.4 is 10.2 Å². The van der Waals surface area contributed by atoms with Gasteiger partial charge in [-0.05, 0) is 55.3 Å². The number of pyridine rings is 1. The first-order chi connectivity index (χ1) is 9.63. The quantitative estimate of drug-likeness (QED) is 0.738. The zero-order chi connectivity index (χ0) is 14.5. The Kier molecular flexibility index (Phi) is 5.41. The molecule has 0 bridgehead atoms. The Morgan fingerprint density at radius 3 is 2.70 bits per heavy atom. The Morgan fingerprint density at radius 2 is 2.10 bits per heavy atom. The summed E-state index contributed by atoms with van der Waals surface area (Å²) in [5.41, 5.74) is 2.56. The smallest absolute Gasteiger partial charge is 0.128 e. The lowest BCUT2D eigenvalue weighted by Gasteiger charge is -2.20. The third-order valence-corrected chi connectivity index (χ3v) is 4.22. The maximum Gasteiger partial charge on any atom is 0.128 e. The van der Waals surface area contributed by atoms with Crippen molar-refractivity contribution < 1.29 is 0 Å². The molecule has 0 spiro atoms. The van der Waals surface area contributed by atoms with E-state index < -0.39 is 0 Å². The fraction of sp³-hybridized carbons (Fsp3) is 0.706. The van der Waals surface area contributed by atoms with Crippen molar-refractivity contribution in [3.8, 4) is 0 Å². The van der Waals surface area contributed by atoms with Gasteiger partial charge in [-0.15, -0.1) is 0 Å². The number of anilines is 1. The summed E-state index contributed by atoms with van der Waals surface area (Å²) in [5, 5.41) is 3.48. The van der Waals surface area contributed by atoms with E-state index in [9.17, 15) is 0 Å². The maximum absolute atomic E-state index is 4.78. The van der Waals surface area contributed by atoms with Gasteiger partial charge in [-0.1, -0.05) is 20.8 Å². The van der Waals surface area contributed by atoms with Gasteiger partial charge in [0.05, 0.1) is 0 Å². The molecule has 3 nitrogen and oxygen atoms in total. The molecule has 1 aliphatic rings. The van der Waals surface area contributed by atoms with Crippen LogP contribution in [0.3, 0.4) is 0 Å². The van der Waals surface area contributed by atoms with E-state index in [1.54, 1.807) is 0 Å². The number of aryl methyl sites for hydroxylation is 1. The van der Waals surface area contributed by atoms with E-state index >= 15 is 0 Å². The maximum atomic E-state index is 4.78. The molecule has 0 aliphatic heterocycles. The van der Waals surface area contributed by atoms with Crippen LogP contribution in [0, 0.1) is 11.8 Å². The first-order valence-electron chi connectivity index (χ1n) is 8.05. The molecule has 2 unspecified atom stereocenters. The topological polar surface area (TPSA) is 28.2 Å². The number of nitrogens with one attached hydrogen (secondary N) is 1. The van der Waals surface area contributed by atoms with Crippen LogP contribution in [0.4, 0.5) is 5.82 Å². The number of hydrogen-bond acceptors (Lipinski definition) is 3. The molecular weight excluding hydrogens is 246 g/mol. The summed E-state index contributed by atoms with van der Waals surface area (Å²) >= 11 is 0. The van der Waals surface area contributed by atoms with Gasteiger partial charge in [-0.3, -0.25) is 0 Å². The first-order valence-corrected chi connectivity index (χ1v) is 8.05. The van der Waals surface area contributed by atoms with Crippen LogP contribution in [0.5, 0.6) is 0 Å². The zero-order valence-electron chi connectivity index (χ0n) is 13.4. The largest absolute Gasteiger partial charge is 0.359 e. The first kappa shape index (κ1) is 15.3. The summed E-state index contributed by atoms with van der Waals surface area (Å²) in [6.07, 6.45) is 3.56. The molecule has 2 atom stereocenters. The van der Waals surface area contributed by atoms with Crippen molar-refractivity contribution in [2.24, 2.45) is 11.8 Å². The van der Waals surface area contributed by atoms with Crippen LogP contribution in [-0.4, -0.2) is 25.1 Å². The van der Waals surface area contributed by atoms with Crippen molar-refractivity contribution in [1.29, 1.82) is 0 Å². The van der Waals surface area contributed by atoms with E-state index in [1.807, 2.05) is 0 Å². The second kappa shape index (κ2) is 7.07. The van der Waals surface area contributed by atoms with Crippen LogP contribution in [0.25, 0.3) is 0 Å². The van der Waals surface area contributed by atoms with Gasteiger partial charge in [0.25, 0.3) is 0 Å². The predicted octanol–water partition coefficient (Wildman–Crippen LogP) is 3.24. The molecule has 1 aromatic heterocycles. The van der Waals surface area contributed by atoms with Crippen LogP contribution in [0.2, 0.25) is 0 Å². The van der Waals surface area contributed by atoms with Gasteiger partial charge in [0, 0.05) is 25.8 Å². The average molecular weight is 275 g/mol. The van der Waals surface area contributed by atoms with Crippen LogP contribution >= 0.6 is 0 Å². The highest BCUT2D eigenvalue weighted by Gasteiger charge is 2.33. The summed E-state index contributed by atoms with van der Waals surface area (Å²) in [5.74, 6) is 2.91. The monoisotopic (exact) mass is 275 g/mol. The van der Waals surface area contributed by atoms with E-state index in [0.717, 1.165) is 43.7 Å². The van der Waals surface area contributed by atoms with E-state index in [-0.39, 0.29) is 0 Å². The third kappa shape index (κ3) is 4.20. The number of hydrogen-bond donors (Lipinski definition) is 1. The lowest BCUT2D eigenvalue weighted by Crippen LogP contribution is -2.23. The Bertz CT molecular complexity index is 430. The second-order valence-electron chi connectivity index (χ2n) is 6.21. The Labute approximate surface area is 123 Å². The van der Waals surface area contributed by atoms with Crippen molar-refractivity contribution in [1.82, 2.24) is 10.3 Å². The Balaban J connectivity index is 2.03. The lowest BCUT2D eigenvalue weighted by atomic mass is 10.2. The van der Waals surface area contributed by atoms with E-state index in [1.165, 1.54) is 24.1 Å². The van der Waals surface area contributed by atoms with Crippen LogP contribution in [0.15, 0.2) is 12.1 Å². The second-order valence-corrected chi connectivity index (χ2v) is 6.21. The van der Waals surface area contributed by atoms with E-state index in [0.29, 0.717) is 0 Å². The molecule has 1 N–H and O–H groups in total. The van der Waals surface area contributed by atoms with Gasteiger partial charge in [-0.2, -0.15) is 0 Å². The summed E-state index contributed by atoms with van der Waals surface area (Å²) in [6, 6.07) is 4.48. The summed E-state index contributed by atoms with van der Waals surface area (Å²) in [6.45, 7) is 9.89. The molecule has 0 radical (unpaired) electrons. The minimum Gasteiger partial charge on any atom is -0.359 e. The molecule has 1 saturated carbocycles. The molecule has 3 heteroatoms. The van der Waals surface area contributed by atoms with Gasteiger partial charge < -0.3 is 10.2 Å². The van der Waals surface area contributed by atoms with Gasteiger partial charge >= 0.3 is 0 Å². The van der Waals surface area contributed by atoms with Crippen molar-refractivity contribution >= 4 is 5.82 Å². The molecule has 112 valence electrons. The zero-order valence-corrected chi connectivity index (χ0v) is 13.4. The Hall–Kier alpha value is -1.09. The standard InChI is InChI=1S/C17H29N3/c1-5-7-18-11-14-9-16(6-2)19-17(10-14)20(4)12-15-8-13(15)3/h9-10,13,15,18H,5-8,11-12H2,1-4H3. The van der Waals surface area contributed by atoms with Crippen LogP contribution in [0.1, 0.15) is 44.9 Å². The molecule has 1 aliphatic carbocycles. The van der Waals surface area contributed by atoms with Crippen LogP contribution in [-0.2, 0) is 13.0 Å².